The lowest BCUT2D eigenvalue weighted by atomic mass is 9.80. The van der Waals surface area contributed by atoms with Gasteiger partial charge in [0.2, 0.25) is 0 Å². The summed E-state index contributed by atoms with van der Waals surface area (Å²) in [5.41, 5.74) is 2.49. The van der Waals surface area contributed by atoms with E-state index in [4.69, 9.17) is 12.6 Å². The molecule has 0 spiro atoms. The Labute approximate surface area is 105 Å². The van der Waals surface area contributed by atoms with Crippen molar-refractivity contribution in [2.75, 3.05) is 0 Å². The van der Waals surface area contributed by atoms with E-state index in [0.717, 1.165) is 16.7 Å². The molecule has 0 N–H and O–H groups in total. The molecule has 0 fully saturated rings. The van der Waals surface area contributed by atoms with Gasteiger partial charge in [0, 0.05) is 5.82 Å². The Balaban J connectivity index is 2.89. The average Bonchev–Trinajstić information content (AvgIpc) is 2.12. The molecule has 90 valence electrons. The molecule has 2 radical (unpaired) electrons. The standard InChI is InChI=1S/C14H19BO2/c1-9-6-10(2)8-11(7-9)12(15)13(16)17-14(3,4)5/h6-8,12H,1-5H3/t12-/m1/s1. The van der Waals surface area contributed by atoms with Gasteiger partial charge in [-0.3, -0.25) is 4.79 Å². The minimum atomic E-state index is -0.715. The third-order valence-corrected chi connectivity index (χ3v) is 2.26. The van der Waals surface area contributed by atoms with E-state index in [-0.39, 0.29) is 5.97 Å². The van der Waals surface area contributed by atoms with Crippen LogP contribution in [0.25, 0.3) is 0 Å². The predicted octanol–water partition coefficient (Wildman–Crippen LogP) is 2.85. The number of ether oxygens (including phenoxy) is 1. The molecule has 0 aliphatic carbocycles. The SMILES string of the molecule is [B][C@@H](C(=O)OC(C)(C)C)c1cc(C)cc(C)c1. The van der Waals surface area contributed by atoms with Crippen LogP contribution in [0.4, 0.5) is 0 Å². The second-order valence-electron chi connectivity index (χ2n) is 5.43. The zero-order valence-corrected chi connectivity index (χ0v) is 11.2. The number of carbonyl (C=O) groups excluding carboxylic acids is 1. The van der Waals surface area contributed by atoms with Crippen LogP contribution in [0.1, 0.15) is 43.3 Å². The van der Waals surface area contributed by atoms with Gasteiger partial charge in [0.25, 0.3) is 0 Å². The smallest absolute Gasteiger partial charge is 0.304 e. The van der Waals surface area contributed by atoms with Gasteiger partial charge < -0.3 is 4.74 Å². The van der Waals surface area contributed by atoms with Gasteiger partial charge in [-0.05, 0) is 40.2 Å². The van der Waals surface area contributed by atoms with Crippen molar-refractivity contribution >= 4 is 13.8 Å². The molecule has 0 saturated carbocycles. The van der Waals surface area contributed by atoms with Gasteiger partial charge in [-0.15, -0.1) is 0 Å². The minimum absolute atomic E-state index is 0.387. The molecule has 0 unspecified atom stereocenters. The van der Waals surface area contributed by atoms with Crippen LogP contribution in [0.3, 0.4) is 0 Å². The first-order chi connectivity index (χ1) is 7.69. The second-order valence-corrected chi connectivity index (χ2v) is 5.43. The molecule has 1 atom stereocenters. The molecule has 0 amide bonds. The van der Waals surface area contributed by atoms with Gasteiger partial charge in [-0.2, -0.15) is 0 Å². The number of benzene rings is 1. The monoisotopic (exact) mass is 230 g/mol. The Hall–Kier alpha value is -1.25. The summed E-state index contributed by atoms with van der Waals surface area (Å²) >= 11 is 0. The molecule has 0 aliphatic rings. The van der Waals surface area contributed by atoms with Crippen molar-refractivity contribution in [1.82, 2.24) is 0 Å². The van der Waals surface area contributed by atoms with E-state index in [0.29, 0.717) is 0 Å². The first-order valence-corrected chi connectivity index (χ1v) is 5.76. The highest BCUT2D eigenvalue weighted by atomic mass is 16.6. The minimum Gasteiger partial charge on any atom is -0.460 e. The molecule has 1 aromatic rings. The van der Waals surface area contributed by atoms with Crippen molar-refractivity contribution < 1.29 is 9.53 Å². The predicted molar refractivity (Wildman–Crippen MR) is 70.3 cm³/mol. The van der Waals surface area contributed by atoms with Crippen LogP contribution < -0.4 is 0 Å². The molecule has 17 heavy (non-hydrogen) atoms. The zero-order valence-electron chi connectivity index (χ0n) is 11.2. The Bertz CT molecular complexity index is 398. The molecule has 0 aromatic heterocycles. The van der Waals surface area contributed by atoms with Gasteiger partial charge >= 0.3 is 5.97 Å². The zero-order chi connectivity index (χ0) is 13.2. The highest BCUT2D eigenvalue weighted by Crippen LogP contribution is 2.20. The molecule has 0 saturated heterocycles. The third-order valence-electron chi connectivity index (χ3n) is 2.26. The lowest BCUT2D eigenvalue weighted by Gasteiger charge is -2.23. The molecule has 3 heteroatoms. The van der Waals surface area contributed by atoms with Crippen LogP contribution in [0, 0.1) is 13.8 Å². The first kappa shape index (κ1) is 13.8. The van der Waals surface area contributed by atoms with Crippen LogP contribution in [0.15, 0.2) is 18.2 Å². The van der Waals surface area contributed by atoms with Crippen LogP contribution in [0.2, 0.25) is 0 Å². The van der Waals surface area contributed by atoms with E-state index in [1.54, 1.807) is 0 Å². The molecule has 2 nitrogen and oxygen atoms in total. The van der Waals surface area contributed by atoms with Crippen LogP contribution >= 0.6 is 0 Å². The quantitative estimate of drug-likeness (QED) is 0.576. The largest absolute Gasteiger partial charge is 0.460 e. The summed E-state index contributed by atoms with van der Waals surface area (Å²) in [6.07, 6.45) is 0. The maximum Gasteiger partial charge on any atom is 0.304 e. The number of rotatable bonds is 2. The van der Waals surface area contributed by atoms with Crippen molar-refractivity contribution in [3.8, 4) is 0 Å². The molecular weight excluding hydrogens is 211 g/mol. The van der Waals surface area contributed by atoms with Crippen molar-refractivity contribution in [2.24, 2.45) is 0 Å². The van der Waals surface area contributed by atoms with Gasteiger partial charge in [0.05, 0.1) is 7.85 Å². The lowest BCUT2D eigenvalue weighted by Crippen LogP contribution is -2.28. The maximum absolute atomic E-state index is 11.8. The summed E-state index contributed by atoms with van der Waals surface area (Å²) in [6, 6.07) is 5.88. The van der Waals surface area contributed by atoms with E-state index in [1.807, 2.05) is 52.8 Å². The Morgan fingerprint density at radius 2 is 1.65 bits per heavy atom. The fourth-order valence-corrected chi connectivity index (χ4v) is 1.69. The summed E-state index contributed by atoms with van der Waals surface area (Å²) < 4.78 is 5.27. The van der Waals surface area contributed by atoms with Crippen LogP contribution in [-0.2, 0) is 9.53 Å². The third kappa shape index (κ3) is 4.25. The molecule has 1 aromatic carbocycles. The molecule has 0 aliphatic heterocycles. The van der Waals surface area contributed by atoms with Gasteiger partial charge in [-0.25, -0.2) is 0 Å². The Kier molecular flexibility index (Phi) is 4.02. The molecular formula is C14H19BO2. The van der Waals surface area contributed by atoms with E-state index in [2.05, 4.69) is 0 Å². The number of aryl methyl sites for hydroxylation is 2. The lowest BCUT2D eigenvalue weighted by molar-refractivity contribution is -0.154. The highest BCUT2D eigenvalue weighted by molar-refractivity contribution is 6.23. The van der Waals surface area contributed by atoms with E-state index in [9.17, 15) is 4.79 Å². The number of carbonyl (C=O) groups is 1. The van der Waals surface area contributed by atoms with Crippen molar-refractivity contribution in [3.63, 3.8) is 0 Å². The van der Waals surface area contributed by atoms with Crippen molar-refractivity contribution in [1.29, 1.82) is 0 Å². The van der Waals surface area contributed by atoms with E-state index in [1.165, 1.54) is 0 Å². The summed E-state index contributed by atoms with van der Waals surface area (Å²) in [5.74, 6) is -1.10. The molecule has 1 rings (SSSR count). The normalized spacial score (nSPS) is 13.2. The van der Waals surface area contributed by atoms with Crippen LogP contribution in [0.5, 0.6) is 0 Å². The molecule has 0 heterocycles. The second kappa shape index (κ2) is 4.95. The van der Waals surface area contributed by atoms with Gasteiger partial charge in [0.1, 0.15) is 5.60 Å². The summed E-state index contributed by atoms with van der Waals surface area (Å²) in [5, 5.41) is 0. The Morgan fingerprint density at radius 1 is 1.18 bits per heavy atom. The van der Waals surface area contributed by atoms with Gasteiger partial charge in [-0.1, -0.05) is 29.3 Å². The topological polar surface area (TPSA) is 26.3 Å². The summed E-state index contributed by atoms with van der Waals surface area (Å²) in [6.45, 7) is 9.47. The number of hydrogen-bond acceptors (Lipinski definition) is 2. The maximum atomic E-state index is 11.8. The van der Waals surface area contributed by atoms with Crippen molar-refractivity contribution in [3.05, 3.63) is 34.9 Å². The Morgan fingerprint density at radius 3 is 2.06 bits per heavy atom. The number of esters is 1. The average molecular weight is 230 g/mol. The van der Waals surface area contributed by atoms with E-state index < -0.39 is 11.4 Å². The van der Waals surface area contributed by atoms with Crippen LogP contribution in [-0.4, -0.2) is 19.4 Å². The number of hydrogen-bond donors (Lipinski definition) is 0. The fourth-order valence-electron chi connectivity index (χ4n) is 1.69. The van der Waals surface area contributed by atoms with E-state index >= 15 is 0 Å². The van der Waals surface area contributed by atoms with Crippen molar-refractivity contribution in [2.45, 2.75) is 46.0 Å². The summed E-state index contributed by atoms with van der Waals surface area (Å²) in [4.78, 5) is 11.8. The summed E-state index contributed by atoms with van der Waals surface area (Å²) in [7, 11) is 5.91. The van der Waals surface area contributed by atoms with Gasteiger partial charge in [0.15, 0.2) is 0 Å². The highest BCUT2D eigenvalue weighted by Gasteiger charge is 2.22. The molecule has 0 bridgehead atoms. The fraction of sp³-hybridized carbons (Fsp3) is 0.500. The first-order valence-electron chi connectivity index (χ1n) is 5.76.